The number of aryl methyl sites for hydroxylation is 1. The van der Waals surface area contributed by atoms with E-state index in [0.29, 0.717) is 41.9 Å². The molecule has 190 valence electrons. The Kier molecular flexibility index (Phi) is 6.83. The highest BCUT2D eigenvalue weighted by Crippen LogP contribution is 2.35. The molecule has 0 unspecified atom stereocenters. The summed E-state index contributed by atoms with van der Waals surface area (Å²) < 4.78 is 42.6. The number of fused-ring (bicyclic) bond motifs is 1. The van der Waals surface area contributed by atoms with Gasteiger partial charge >= 0.3 is 0 Å². The maximum atomic E-state index is 14.8. The molecule has 2 aromatic heterocycles. The molecule has 1 amide bonds. The summed E-state index contributed by atoms with van der Waals surface area (Å²) in [6, 6.07) is 4.84. The number of carbonyl (C=O) groups excluding carboxylic acids is 1. The van der Waals surface area contributed by atoms with Crippen LogP contribution in [0.5, 0.6) is 0 Å². The molecule has 0 saturated carbocycles. The van der Waals surface area contributed by atoms with Gasteiger partial charge in [0.05, 0.1) is 22.4 Å². The van der Waals surface area contributed by atoms with Crippen molar-refractivity contribution in [2.75, 3.05) is 25.5 Å². The Morgan fingerprint density at radius 1 is 1.28 bits per heavy atom. The molecule has 1 aliphatic heterocycles. The van der Waals surface area contributed by atoms with Crippen LogP contribution in [0.25, 0.3) is 11.0 Å². The van der Waals surface area contributed by atoms with Crippen LogP contribution >= 0.6 is 0 Å². The number of rotatable bonds is 6. The summed E-state index contributed by atoms with van der Waals surface area (Å²) in [7, 11) is 3.21. The van der Waals surface area contributed by atoms with Gasteiger partial charge in [0.1, 0.15) is 23.6 Å². The Morgan fingerprint density at radius 2 is 2.00 bits per heavy atom. The fraction of sp³-hybridized carbons (Fsp3) is 0.400. The molecule has 1 N–H and O–H groups in total. The SMILES string of the molecule is CN=C[C@@]1(c2cc3c(N[C@H](C)c4cccc(C(F)F)c4F)ncnc3n(C)c2=O)CCN(C(C)=O)C1. The maximum absolute atomic E-state index is 14.8. The van der Waals surface area contributed by atoms with Crippen LogP contribution in [0, 0.1) is 5.82 Å². The fourth-order valence-corrected chi connectivity index (χ4v) is 4.84. The van der Waals surface area contributed by atoms with Crippen LogP contribution in [0.3, 0.4) is 0 Å². The Bertz CT molecular complexity index is 1410. The fourth-order valence-electron chi connectivity index (χ4n) is 4.84. The summed E-state index contributed by atoms with van der Waals surface area (Å²) in [5.74, 6) is -0.755. The molecule has 1 fully saturated rings. The summed E-state index contributed by atoms with van der Waals surface area (Å²) in [6.45, 7) is 3.91. The van der Waals surface area contributed by atoms with Crippen LogP contribution in [-0.2, 0) is 17.3 Å². The van der Waals surface area contributed by atoms with E-state index in [2.05, 4.69) is 20.3 Å². The standard InChI is InChI=1S/C25H27F3N6O2/c1-14(16-6-5-7-17(20(16)26)21(27)28)32-22-18-10-19(24(36)33(4)23(18)31-13-30-22)25(11-29-3)8-9-34(12-25)15(2)35/h5-7,10-11,13-14,21H,8-9,12H2,1-4H3,(H,30,31,32)/t14-,25+/m1/s1. The molecule has 3 heterocycles. The van der Waals surface area contributed by atoms with E-state index >= 15 is 0 Å². The van der Waals surface area contributed by atoms with E-state index in [1.165, 1.54) is 30.0 Å². The molecule has 8 nitrogen and oxygen atoms in total. The summed E-state index contributed by atoms with van der Waals surface area (Å²) in [5.41, 5.74) is -0.896. The summed E-state index contributed by atoms with van der Waals surface area (Å²) in [5, 5.41) is 3.59. The van der Waals surface area contributed by atoms with Gasteiger partial charge in [0.25, 0.3) is 12.0 Å². The van der Waals surface area contributed by atoms with Crippen LogP contribution in [-0.4, -0.2) is 51.7 Å². The van der Waals surface area contributed by atoms with Gasteiger partial charge in [-0.25, -0.2) is 23.1 Å². The summed E-state index contributed by atoms with van der Waals surface area (Å²) in [4.78, 5) is 39.9. The number of nitrogens with zero attached hydrogens (tertiary/aromatic N) is 5. The third-order valence-electron chi connectivity index (χ3n) is 6.78. The number of aromatic nitrogens is 3. The maximum Gasteiger partial charge on any atom is 0.266 e. The first-order valence-electron chi connectivity index (χ1n) is 11.5. The quantitative estimate of drug-likeness (QED) is 0.521. The number of halogens is 3. The van der Waals surface area contributed by atoms with Crippen molar-refractivity contribution in [1.82, 2.24) is 19.4 Å². The van der Waals surface area contributed by atoms with Crippen molar-refractivity contribution in [3.05, 3.63) is 63.5 Å². The minimum absolute atomic E-state index is 0.0621. The predicted octanol–water partition coefficient (Wildman–Crippen LogP) is 3.77. The van der Waals surface area contributed by atoms with Crippen LogP contribution in [0.4, 0.5) is 19.0 Å². The van der Waals surface area contributed by atoms with Gasteiger partial charge in [-0.3, -0.25) is 19.1 Å². The third-order valence-corrected chi connectivity index (χ3v) is 6.78. The lowest BCUT2D eigenvalue weighted by atomic mass is 9.81. The number of likely N-dealkylation sites (tertiary alicyclic amines) is 1. The molecule has 36 heavy (non-hydrogen) atoms. The lowest BCUT2D eigenvalue weighted by Gasteiger charge is -2.26. The number of aliphatic imine (C=N–C) groups is 1. The first kappa shape index (κ1) is 25.3. The van der Waals surface area contributed by atoms with Gasteiger partial charge in [-0.15, -0.1) is 0 Å². The smallest absolute Gasteiger partial charge is 0.266 e. The molecule has 11 heteroatoms. The molecule has 0 aliphatic carbocycles. The minimum Gasteiger partial charge on any atom is -0.363 e. The number of hydrogen-bond acceptors (Lipinski definition) is 6. The Balaban J connectivity index is 1.83. The normalized spacial score (nSPS) is 18.9. The van der Waals surface area contributed by atoms with E-state index in [0.717, 1.165) is 6.07 Å². The number of benzene rings is 1. The zero-order chi connectivity index (χ0) is 26.2. The molecule has 0 radical (unpaired) electrons. The lowest BCUT2D eigenvalue weighted by molar-refractivity contribution is -0.127. The van der Waals surface area contributed by atoms with Crippen molar-refractivity contribution in [2.24, 2.45) is 12.0 Å². The van der Waals surface area contributed by atoms with Crippen molar-refractivity contribution < 1.29 is 18.0 Å². The highest BCUT2D eigenvalue weighted by atomic mass is 19.3. The monoisotopic (exact) mass is 500 g/mol. The van der Waals surface area contributed by atoms with Gasteiger partial charge in [0.15, 0.2) is 0 Å². The highest BCUT2D eigenvalue weighted by molar-refractivity contribution is 5.89. The molecule has 3 aromatic rings. The summed E-state index contributed by atoms with van der Waals surface area (Å²) >= 11 is 0. The van der Waals surface area contributed by atoms with Gasteiger partial charge in [0.2, 0.25) is 5.91 Å². The number of hydrogen-bond donors (Lipinski definition) is 1. The molecule has 1 aliphatic rings. The molecule has 1 aromatic carbocycles. The lowest BCUT2D eigenvalue weighted by Crippen LogP contribution is -2.40. The number of nitrogens with one attached hydrogen (secondary N) is 1. The Hall–Kier alpha value is -3.76. The minimum atomic E-state index is -2.94. The number of amides is 1. The van der Waals surface area contributed by atoms with Gasteiger partial charge in [0, 0.05) is 51.5 Å². The zero-order valence-corrected chi connectivity index (χ0v) is 20.4. The molecule has 0 spiro atoms. The van der Waals surface area contributed by atoms with Crippen molar-refractivity contribution in [3.8, 4) is 0 Å². The first-order chi connectivity index (χ1) is 17.1. The molecule has 2 atom stereocenters. The van der Waals surface area contributed by atoms with E-state index in [-0.39, 0.29) is 17.0 Å². The van der Waals surface area contributed by atoms with Crippen molar-refractivity contribution in [1.29, 1.82) is 0 Å². The van der Waals surface area contributed by atoms with Crippen LogP contribution in [0.2, 0.25) is 0 Å². The van der Waals surface area contributed by atoms with Gasteiger partial charge in [-0.1, -0.05) is 18.2 Å². The van der Waals surface area contributed by atoms with Crippen LogP contribution in [0.15, 0.2) is 40.4 Å². The van der Waals surface area contributed by atoms with Gasteiger partial charge < -0.3 is 10.2 Å². The molecule has 4 rings (SSSR count). The number of pyridine rings is 1. The van der Waals surface area contributed by atoms with Crippen molar-refractivity contribution in [2.45, 2.75) is 38.2 Å². The van der Waals surface area contributed by atoms with Crippen LogP contribution in [0.1, 0.15) is 49.4 Å². The Labute approximate surface area is 205 Å². The summed E-state index contributed by atoms with van der Waals surface area (Å²) in [6.07, 6.45) is 0.553. The largest absolute Gasteiger partial charge is 0.363 e. The van der Waals surface area contributed by atoms with E-state index in [4.69, 9.17) is 0 Å². The van der Waals surface area contributed by atoms with E-state index in [9.17, 15) is 22.8 Å². The zero-order valence-electron chi connectivity index (χ0n) is 20.4. The molecule has 0 bridgehead atoms. The second-order valence-electron chi connectivity index (χ2n) is 9.03. The molecular weight excluding hydrogens is 473 g/mol. The number of carbonyl (C=O) groups is 1. The van der Waals surface area contributed by atoms with E-state index in [1.807, 2.05) is 0 Å². The number of alkyl halides is 2. The topological polar surface area (TPSA) is 92.5 Å². The van der Waals surface area contributed by atoms with Gasteiger partial charge in [-0.2, -0.15) is 0 Å². The van der Waals surface area contributed by atoms with Crippen LogP contribution < -0.4 is 10.9 Å². The van der Waals surface area contributed by atoms with Crippen molar-refractivity contribution in [3.63, 3.8) is 0 Å². The molecular formula is C25H27F3N6O2. The average Bonchev–Trinajstić information content (AvgIpc) is 3.27. The van der Waals surface area contributed by atoms with E-state index < -0.39 is 29.3 Å². The second-order valence-corrected chi connectivity index (χ2v) is 9.03. The highest BCUT2D eigenvalue weighted by Gasteiger charge is 2.42. The number of anilines is 1. The predicted molar refractivity (Wildman–Crippen MR) is 131 cm³/mol. The van der Waals surface area contributed by atoms with Gasteiger partial charge in [-0.05, 0) is 19.4 Å². The van der Waals surface area contributed by atoms with E-state index in [1.54, 1.807) is 38.2 Å². The van der Waals surface area contributed by atoms with Crippen molar-refractivity contribution >= 4 is 29.0 Å². The first-order valence-corrected chi connectivity index (χ1v) is 11.5. The second kappa shape index (κ2) is 9.71. The average molecular weight is 501 g/mol. The third kappa shape index (κ3) is 4.33. The Morgan fingerprint density at radius 3 is 2.64 bits per heavy atom. The molecule has 1 saturated heterocycles.